The summed E-state index contributed by atoms with van der Waals surface area (Å²) in [7, 11) is 0. The minimum Gasteiger partial charge on any atom is -0.347 e. The normalized spacial score (nSPS) is 14.6. The van der Waals surface area contributed by atoms with Crippen molar-refractivity contribution in [2.75, 3.05) is 19.6 Å². The van der Waals surface area contributed by atoms with Gasteiger partial charge >= 0.3 is 0 Å². The van der Waals surface area contributed by atoms with Gasteiger partial charge in [0.1, 0.15) is 0 Å². The smallest absolute Gasteiger partial charge is 0.274 e. The highest BCUT2D eigenvalue weighted by molar-refractivity contribution is 6.04. The number of amides is 1. The fourth-order valence-electron chi connectivity index (χ4n) is 2.98. The van der Waals surface area contributed by atoms with E-state index in [4.69, 9.17) is 0 Å². The minimum absolute atomic E-state index is 0.151. The third-order valence-electron chi connectivity index (χ3n) is 4.25. The van der Waals surface area contributed by atoms with Crippen molar-refractivity contribution in [3.05, 3.63) is 52.0 Å². The number of fused-ring (bicyclic) bond motifs is 1. The maximum absolute atomic E-state index is 12.7. The first-order chi connectivity index (χ1) is 12.1. The topological polar surface area (TPSA) is 76.0 Å². The van der Waals surface area contributed by atoms with Gasteiger partial charge in [-0.2, -0.15) is 5.10 Å². The van der Waals surface area contributed by atoms with Crippen molar-refractivity contribution in [3.8, 4) is 0 Å². The number of hydrogen-bond donors (Lipinski definition) is 2. The largest absolute Gasteiger partial charge is 0.347 e. The molecule has 1 aliphatic rings. The molecule has 1 aromatic heterocycles. The van der Waals surface area contributed by atoms with Crippen LogP contribution in [0.5, 0.6) is 0 Å². The Kier molecular flexibility index (Phi) is 5.28. The molecule has 2 aromatic rings. The van der Waals surface area contributed by atoms with E-state index < -0.39 is 0 Å². The summed E-state index contributed by atoms with van der Waals surface area (Å²) in [5.41, 5.74) is 1.37. The average Bonchev–Trinajstić information content (AvgIpc) is 2.62. The molecule has 25 heavy (non-hydrogen) atoms. The van der Waals surface area contributed by atoms with Crippen molar-refractivity contribution < 1.29 is 4.79 Å². The monoisotopic (exact) mass is 340 g/mol. The second kappa shape index (κ2) is 7.61. The number of hydrogen-bond acceptors (Lipinski definition) is 4. The lowest BCUT2D eigenvalue weighted by Crippen LogP contribution is -2.33. The predicted molar refractivity (Wildman–Crippen MR) is 98.7 cm³/mol. The highest BCUT2D eigenvalue weighted by Crippen LogP contribution is 2.14. The Labute approximate surface area is 146 Å². The summed E-state index contributed by atoms with van der Waals surface area (Å²) in [5.74, 6) is 0.0234. The van der Waals surface area contributed by atoms with Crippen molar-refractivity contribution in [1.82, 2.24) is 20.4 Å². The maximum Gasteiger partial charge on any atom is 0.274 e. The third-order valence-corrected chi connectivity index (χ3v) is 4.25. The molecule has 1 amide bonds. The summed E-state index contributed by atoms with van der Waals surface area (Å²) >= 11 is 0. The van der Waals surface area contributed by atoms with Crippen LogP contribution in [0.15, 0.2) is 40.7 Å². The fraction of sp³-hybridized carbons (Fsp3) is 0.421. The highest BCUT2D eigenvalue weighted by Gasteiger charge is 2.17. The molecule has 0 fully saturated rings. The average molecular weight is 340 g/mol. The number of aromatic nitrogens is 2. The molecule has 1 aromatic carbocycles. The summed E-state index contributed by atoms with van der Waals surface area (Å²) in [6, 6.07) is 7.16. The summed E-state index contributed by atoms with van der Waals surface area (Å²) in [6.45, 7) is 6.81. The summed E-state index contributed by atoms with van der Waals surface area (Å²) in [4.78, 5) is 25.3. The molecule has 6 nitrogen and oxygen atoms in total. The van der Waals surface area contributed by atoms with E-state index in [0.29, 0.717) is 29.6 Å². The van der Waals surface area contributed by atoms with Crippen LogP contribution in [-0.2, 0) is 6.54 Å². The lowest BCUT2D eigenvalue weighted by molar-refractivity contribution is 0.0951. The molecular weight excluding hydrogens is 316 g/mol. The van der Waals surface area contributed by atoms with E-state index in [1.165, 1.54) is 10.3 Å². The van der Waals surface area contributed by atoms with Gasteiger partial charge in [0, 0.05) is 25.0 Å². The lowest BCUT2D eigenvalue weighted by Gasteiger charge is -2.15. The molecule has 0 aliphatic carbocycles. The number of nitrogens with one attached hydrogen (secondary N) is 2. The molecule has 0 unspecified atom stereocenters. The summed E-state index contributed by atoms with van der Waals surface area (Å²) in [5, 5.41) is 11.7. The SMILES string of the molecule is CC(C)Cn1nc(C(=O)NCC2=CCNCC2)c2ccccc2c1=O. The Hall–Kier alpha value is -2.47. The van der Waals surface area contributed by atoms with Crippen LogP contribution in [-0.4, -0.2) is 35.3 Å². The van der Waals surface area contributed by atoms with Crippen molar-refractivity contribution in [1.29, 1.82) is 0 Å². The third kappa shape index (κ3) is 3.96. The van der Waals surface area contributed by atoms with Gasteiger partial charge in [-0.3, -0.25) is 9.59 Å². The van der Waals surface area contributed by atoms with E-state index in [2.05, 4.69) is 21.8 Å². The van der Waals surface area contributed by atoms with Gasteiger partial charge in [0.15, 0.2) is 5.69 Å². The second-order valence-corrected chi connectivity index (χ2v) is 6.77. The van der Waals surface area contributed by atoms with E-state index >= 15 is 0 Å². The van der Waals surface area contributed by atoms with Crippen LogP contribution in [0.1, 0.15) is 30.8 Å². The minimum atomic E-state index is -0.242. The van der Waals surface area contributed by atoms with E-state index in [0.717, 1.165) is 19.5 Å². The zero-order valence-corrected chi connectivity index (χ0v) is 14.7. The van der Waals surface area contributed by atoms with E-state index in [9.17, 15) is 9.59 Å². The molecule has 0 bridgehead atoms. The van der Waals surface area contributed by atoms with Crippen LogP contribution >= 0.6 is 0 Å². The standard InChI is InChI=1S/C19H24N4O2/c1-13(2)12-23-19(25)16-6-4-3-5-15(16)17(22-23)18(24)21-11-14-7-9-20-10-8-14/h3-7,13,20H,8-12H2,1-2H3,(H,21,24). The van der Waals surface area contributed by atoms with E-state index in [-0.39, 0.29) is 17.4 Å². The van der Waals surface area contributed by atoms with Gasteiger partial charge in [0.05, 0.1) is 5.39 Å². The zero-order chi connectivity index (χ0) is 17.8. The molecule has 1 aliphatic heterocycles. The van der Waals surface area contributed by atoms with Gasteiger partial charge in [-0.1, -0.05) is 43.7 Å². The zero-order valence-electron chi connectivity index (χ0n) is 14.7. The molecule has 132 valence electrons. The van der Waals surface area contributed by atoms with Crippen molar-refractivity contribution in [2.45, 2.75) is 26.8 Å². The number of nitrogens with zero attached hydrogens (tertiary/aromatic N) is 2. The molecule has 0 saturated carbocycles. The molecular formula is C19H24N4O2. The van der Waals surface area contributed by atoms with Gasteiger partial charge in [0.2, 0.25) is 0 Å². The van der Waals surface area contributed by atoms with Crippen LogP contribution in [0.4, 0.5) is 0 Å². The first kappa shape index (κ1) is 17.4. The van der Waals surface area contributed by atoms with Crippen molar-refractivity contribution >= 4 is 16.7 Å². The number of carbonyl (C=O) groups is 1. The van der Waals surface area contributed by atoms with Crippen LogP contribution in [0.2, 0.25) is 0 Å². The second-order valence-electron chi connectivity index (χ2n) is 6.77. The summed E-state index contributed by atoms with van der Waals surface area (Å²) < 4.78 is 1.41. The Balaban J connectivity index is 1.93. The quantitative estimate of drug-likeness (QED) is 0.813. The molecule has 0 saturated heterocycles. The molecule has 6 heteroatoms. The first-order valence-electron chi connectivity index (χ1n) is 8.73. The van der Waals surface area contributed by atoms with E-state index in [1.807, 2.05) is 26.0 Å². The van der Waals surface area contributed by atoms with Crippen LogP contribution in [0, 0.1) is 5.92 Å². The number of carbonyl (C=O) groups excluding carboxylic acids is 1. The summed E-state index contributed by atoms with van der Waals surface area (Å²) in [6.07, 6.45) is 3.04. The Morgan fingerprint density at radius 1 is 1.32 bits per heavy atom. The Bertz CT molecular complexity index is 867. The van der Waals surface area contributed by atoms with Gasteiger partial charge in [-0.05, 0) is 24.9 Å². The highest BCUT2D eigenvalue weighted by atomic mass is 16.2. The van der Waals surface area contributed by atoms with Gasteiger partial charge in [-0.25, -0.2) is 4.68 Å². The van der Waals surface area contributed by atoms with Gasteiger partial charge < -0.3 is 10.6 Å². The Morgan fingerprint density at radius 2 is 2.08 bits per heavy atom. The van der Waals surface area contributed by atoms with Crippen LogP contribution in [0.3, 0.4) is 0 Å². The molecule has 2 heterocycles. The molecule has 2 N–H and O–H groups in total. The lowest BCUT2D eigenvalue weighted by atomic mass is 10.1. The molecule has 0 radical (unpaired) electrons. The molecule has 3 rings (SSSR count). The number of rotatable bonds is 5. The van der Waals surface area contributed by atoms with Gasteiger partial charge in [0.25, 0.3) is 11.5 Å². The van der Waals surface area contributed by atoms with Gasteiger partial charge in [-0.15, -0.1) is 0 Å². The maximum atomic E-state index is 12.7. The van der Waals surface area contributed by atoms with Crippen LogP contribution < -0.4 is 16.2 Å². The fourth-order valence-corrected chi connectivity index (χ4v) is 2.98. The van der Waals surface area contributed by atoms with Crippen LogP contribution in [0.25, 0.3) is 10.8 Å². The van der Waals surface area contributed by atoms with Crippen molar-refractivity contribution in [2.24, 2.45) is 5.92 Å². The number of benzene rings is 1. The first-order valence-corrected chi connectivity index (χ1v) is 8.73. The molecule has 0 atom stereocenters. The Morgan fingerprint density at radius 3 is 2.76 bits per heavy atom. The van der Waals surface area contributed by atoms with E-state index in [1.54, 1.807) is 12.1 Å². The van der Waals surface area contributed by atoms with Crippen molar-refractivity contribution in [3.63, 3.8) is 0 Å². The molecule has 0 spiro atoms. The predicted octanol–water partition coefficient (Wildman–Crippen LogP) is 1.70.